The molecule has 0 spiro atoms. The maximum atomic E-state index is 13.7. The van der Waals surface area contributed by atoms with E-state index in [2.05, 4.69) is 20.4 Å². The van der Waals surface area contributed by atoms with Crippen LogP contribution < -0.4 is 15.4 Å². The molecule has 0 saturated carbocycles. The number of carbonyl (C=O) groups is 3. The SMILES string of the molecule is COC(=O)C=Cc1ccc(OCCNC(=O)c2c(C)[nH]c(C=C3C(=O)Nc4ccc(F)cc43)c2C)cc1. The minimum atomic E-state index is -0.436. The fourth-order valence-corrected chi connectivity index (χ4v) is 4.04. The van der Waals surface area contributed by atoms with E-state index in [-0.39, 0.29) is 25.0 Å². The van der Waals surface area contributed by atoms with Gasteiger partial charge in [-0.15, -0.1) is 0 Å². The van der Waals surface area contributed by atoms with Gasteiger partial charge >= 0.3 is 5.97 Å². The topological polar surface area (TPSA) is 110 Å². The number of aromatic amines is 1. The van der Waals surface area contributed by atoms with E-state index >= 15 is 0 Å². The summed E-state index contributed by atoms with van der Waals surface area (Å²) in [4.78, 5) is 39.6. The van der Waals surface area contributed by atoms with Crippen LogP contribution in [0.1, 0.15) is 38.4 Å². The quantitative estimate of drug-likeness (QED) is 0.242. The van der Waals surface area contributed by atoms with Crippen molar-refractivity contribution in [2.75, 3.05) is 25.6 Å². The van der Waals surface area contributed by atoms with Gasteiger partial charge in [0, 0.05) is 28.7 Å². The number of H-pyrrole nitrogens is 1. The molecule has 0 fully saturated rings. The molecular weight excluding hydrogens is 477 g/mol. The number of halogens is 1. The number of ether oxygens (including phenoxy) is 2. The molecule has 3 N–H and O–H groups in total. The largest absolute Gasteiger partial charge is 0.492 e. The molecular formula is C28H26FN3O5. The summed E-state index contributed by atoms with van der Waals surface area (Å²) >= 11 is 0. The highest BCUT2D eigenvalue weighted by molar-refractivity contribution is 6.34. The molecule has 9 heteroatoms. The van der Waals surface area contributed by atoms with Gasteiger partial charge in [0.05, 0.1) is 24.8 Å². The van der Waals surface area contributed by atoms with Crippen molar-refractivity contribution in [3.8, 4) is 5.75 Å². The number of benzene rings is 2. The molecule has 1 aliphatic heterocycles. The number of esters is 1. The number of nitrogens with one attached hydrogen (secondary N) is 3. The number of hydrogen-bond donors (Lipinski definition) is 3. The molecule has 2 amide bonds. The van der Waals surface area contributed by atoms with Crippen LogP contribution in [0.25, 0.3) is 17.7 Å². The van der Waals surface area contributed by atoms with Crippen molar-refractivity contribution in [2.45, 2.75) is 13.8 Å². The summed E-state index contributed by atoms with van der Waals surface area (Å²) in [6, 6.07) is 11.3. The number of amides is 2. The van der Waals surface area contributed by atoms with Gasteiger partial charge in [-0.3, -0.25) is 9.59 Å². The zero-order chi connectivity index (χ0) is 26.5. The van der Waals surface area contributed by atoms with Gasteiger partial charge in [0.15, 0.2) is 0 Å². The maximum Gasteiger partial charge on any atom is 0.330 e. The summed E-state index contributed by atoms with van der Waals surface area (Å²) in [5.41, 5.74) is 4.57. The Labute approximate surface area is 213 Å². The van der Waals surface area contributed by atoms with Crippen molar-refractivity contribution in [2.24, 2.45) is 0 Å². The molecule has 0 aliphatic carbocycles. The van der Waals surface area contributed by atoms with E-state index in [9.17, 15) is 18.8 Å². The first kappa shape index (κ1) is 25.4. The molecule has 2 aromatic carbocycles. The first-order chi connectivity index (χ1) is 17.8. The van der Waals surface area contributed by atoms with Crippen LogP contribution in [0.2, 0.25) is 0 Å². The lowest BCUT2D eigenvalue weighted by Gasteiger charge is -2.09. The molecule has 2 heterocycles. The first-order valence-electron chi connectivity index (χ1n) is 11.6. The third kappa shape index (κ3) is 5.78. The van der Waals surface area contributed by atoms with Gasteiger partial charge in [-0.05, 0) is 67.5 Å². The standard InChI is InChI=1S/C28H26FN3O5/c1-16-24(15-22-21-14-19(29)7-10-23(21)32-27(22)34)31-17(2)26(16)28(35)30-12-13-37-20-8-4-18(5-9-20)6-11-25(33)36-3/h4-11,14-15,31H,12-13H2,1-3H3,(H,30,35)(H,32,34). The minimum absolute atomic E-state index is 0.255. The van der Waals surface area contributed by atoms with Crippen molar-refractivity contribution in [3.05, 3.63) is 88.0 Å². The smallest absolute Gasteiger partial charge is 0.330 e. The second-order valence-electron chi connectivity index (χ2n) is 8.40. The lowest BCUT2D eigenvalue weighted by atomic mass is 10.0. The van der Waals surface area contributed by atoms with Crippen LogP contribution in [0.5, 0.6) is 5.75 Å². The Kier molecular flexibility index (Phi) is 7.52. The molecule has 0 unspecified atom stereocenters. The van der Waals surface area contributed by atoms with Gasteiger partial charge in [0.25, 0.3) is 11.8 Å². The van der Waals surface area contributed by atoms with E-state index in [1.165, 1.54) is 31.4 Å². The average Bonchev–Trinajstić information content (AvgIpc) is 3.34. The molecule has 0 saturated heterocycles. The van der Waals surface area contributed by atoms with E-state index in [1.807, 2.05) is 0 Å². The number of aryl methyl sites for hydroxylation is 1. The number of rotatable bonds is 8. The van der Waals surface area contributed by atoms with Crippen LogP contribution in [0.15, 0.2) is 48.5 Å². The zero-order valence-corrected chi connectivity index (χ0v) is 20.6. The number of aromatic nitrogens is 1. The Morgan fingerprint density at radius 1 is 1.11 bits per heavy atom. The van der Waals surface area contributed by atoms with Crippen LogP contribution >= 0.6 is 0 Å². The molecule has 190 valence electrons. The lowest BCUT2D eigenvalue weighted by Crippen LogP contribution is -2.28. The second kappa shape index (κ2) is 10.9. The Hall–Kier alpha value is -4.66. The van der Waals surface area contributed by atoms with Crippen LogP contribution in [0.4, 0.5) is 10.1 Å². The fourth-order valence-electron chi connectivity index (χ4n) is 4.04. The van der Waals surface area contributed by atoms with Crippen molar-refractivity contribution >= 4 is 41.2 Å². The number of anilines is 1. The normalized spacial score (nSPS) is 13.5. The van der Waals surface area contributed by atoms with Gasteiger partial charge in [0.2, 0.25) is 0 Å². The van der Waals surface area contributed by atoms with E-state index in [0.29, 0.717) is 45.1 Å². The third-order valence-corrected chi connectivity index (χ3v) is 5.91. The number of methoxy groups -OCH3 is 1. The van der Waals surface area contributed by atoms with Crippen LogP contribution in [-0.4, -0.2) is 43.0 Å². The minimum Gasteiger partial charge on any atom is -0.492 e. The van der Waals surface area contributed by atoms with Crippen molar-refractivity contribution in [1.29, 1.82) is 0 Å². The van der Waals surface area contributed by atoms with Gasteiger partial charge in [-0.25, -0.2) is 9.18 Å². The van der Waals surface area contributed by atoms with Gasteiger partial charge in [-0.2, -0.15) is 0 Å². The summed E-state index contributed by atoms with van der Waals surface area (Å²) in [6.07, 6.45) is 4.60. The fraction of sp³-hybridized carbons (Fsp3) is 0.179. The molecule has 0 radical (unpaired) electrons. The van der Waals surface area contributed by atoms with E-state index in [4.69, 9.17) is 4.74 Å². The number of carbonyl (C=O) groups excluding carboxylic acids is 3. The van der Waals surface area contributed by atoms with Gasteiger partial charge in [-0.1, -0.05) is 12.1 Å². The molecule has 8 nitrogen and oxygen atoms in total. The Morgan fingerprint density at radius 3 is 2.59 bits per heavy atom. The maximum absolute atomic E-state index is 13.7. The Morgan fingerprint density at radius 2 is 1.86 bits per heavy atom. The predicted molar refractivity (Wildman–Crippen MR) is 138 cm³/mol. The highest BCUT2D eigenvalue weighted by Gasteiger charge is 2.26. The van der Waals surface area contributed by atoms with Gasteiger partial charge in [0.1, 0.15) is 18.2 Å². The molecule has 0 bridgehead atoms. The molecule has 37 heavy (non-hydrogen) atoms. The van der Waals surface area contributed by atoms with Crippen molar-refractivity contribution < 1.29 is 28.2 Å². The van der Waals surface area contributed by atoms with E-state index < -0.39 is 11.8 Å². The lowest BCUT2D eigenvalue weighted by molar-refractivity contribution is -0.134. The second-order valence-corrected chi connectivity index (χ2v) is 8.40. The summed E-state index contributed by atoms with van der Waals surface area (Å²) < 4.78 is 24.0. The summed E-state index contributed by atoms with van der Waals surface area (Å²) in [5.74, 6) is -0.848. The van der Waals surface area contributed by atoms with Crippen LogP contribution in [0.3, 0.4) is 0 Å². The van der Waals surface area contributed by atoms with E-state index in [0.717, 1.165) is 5.56 Å². The summed E-state index contributed by atoms with van der Waals surface area (Å²) in [7, 11) is 1.32. The Bertz CT molecular complexity index is 1420. The number of fused-ring (bicyclic) bond motifs is 1. The monoisotopic (exact) mass is 503 g/mol. The molecule has 0 atom stereocenters. The average molecular weight is 504 g/mol. The molecule has 1 aliphatic rings. The zero-order valence-electron chi connectivity index (χ0n) is 20.6. The van der Waals surface area contributed by atoms with Crippen LogP contribution in [-0.2, 0) is 14.3 Å². The van der Waals surface area contributed by atoms with E-state index in [1.54, 1.807) is 50.3 Å². The van der Waals surface area contributed by atoms with Crippen molar-refractivity contribution in [3.63, 3.8) is 0 Å². The molecule has 1 aromatic heterocycles. The van der Waals surface area contributed by atoms with Gasteiger partial charge < -0.3 is 25.1 Å². The highest BCUT2D eigenvalue weighted by Crippen LogP contribution is 2.34. The predicted octanol–water partition coefficient (Wildman–Crippen LogP) is 4.26. The van der Waals surface area contributed by atoms with Crippen LogP contribution in [0, 0.1) is 19.7 Å². The summed E-state index contributed by atoms with van der Waals surface area (Å²) in [5, 5.41) is 5.56. The van der Waals surface area contributed by atoms with Crippen molar-refractivity contribution in [1.82, 2.24) is 10.3 Å². The number of hydrogen-bond acceptors (Lipinski definition) is 5. The molecule has 3 aromatic rings. The first-order valence-corrected chi connectivity index (χ1v) is 11.6. The highest BCUT2D eigenvalue weighted by atomic mass is 19.1. The third-order valence-electron chi connectivity index (χ3n) is 5.91. The Balaban J connectivity index is 1.37. The summed E-state index contributed by atoms with van der Waals surface area (Å²) in [6.45, 7) is 4.10. The molecule has 4 rings (SSSR count).